The van der Waals surface area contributed by atoms with Crippen LogP contribution in [0.1, 0.15) is 57.8 Å². The first-order chi connectivity index (χ1) is 8.52. The Kier molecular flexibility index (Phi) is 5.90. The zero-order chi connectivity index (χ0) is 13.5. The van der Waals surface area contributed by atoms with E-state index in [0.717, 1.165) is 18.4 Å². The Morgan fingerprint density at radius 2 is 1.78 bits per heavy atom. The molecule has 0 spiro atoms. The minimum absolute atomic E-state index is 0.115. The highest BCUT2D eigenvalue weighted by Crippen LogP contribution is 2.19. The average molecular weight is 248 g/mol. The molecular weight excluding hydrogens is 224 g/mol. The summed E-state index contributed by atoms with van der Waals surface area (Å²) >= 11 is 0. The van der Waals surface area contributed by atoms with Gasteiger partial charge in [0.2, 0.25) is 0 Å². The van der Waals surface area contributed by atoms with Gasteiger partial charge in [0.25, 0.3) is 0 Å². The van der Waals surface area contributed by atoms with Crippen molar-refractivity contribution in [3.8, 4) is 0 Å². The van der Waals surface area contributed by atoms with E-state index in [1.807, 2.05) is 13.8 Å². The van der Waals surface area contributed by atoms with Gasteiger partial charge in [-0.3, -0.25) is 4.79 Å². The molecule has 0 fully saturated rings. The molecule has 0 aliphatic rings. The fourth-order valence-corrected chi connectivity index (χ4v) is 1.92. The van der Waals surface area contributed by atoms with E-state index < -0.39 is 0 Å². The molecule has 1 aromatic carbocycles. The third kappa shape index (κ3) is 4.91. The van der Waals surface area contributed by atoms with Crippen LogP contribution in [-0.2, 0) is 16.0 Å². The molecule has 0 saturated heterocycles. The number of rotatable bonds is 6. The Bertz CT molecular complexity index is 365. The molecule has 2 heteroatoms. The average Bonchev–Trinajstić information content (AvgIpc) is 2.29. The van der Waals surface area contributed by atoms with Crippen LogP contribution in [0, 0.1) is 5.92 Å². The van der Waals surface area contributed by atoms with Crippen molar-refractivity contribution in [3.05, 3.63) is 35.4 Å². The number of hydrogen-bond acceptors (Lipinski definition) is 2. The minimum atomic E-state index is -0.155. The van der Waals surface area contributed by atoms with Crippen molar-refractivity contribution in [2.45, 2.75) is 53.1 Å². The van der Waals surface area contributed by atoms with Gasteiger partial charge >= 0.3 is 5.97 Å². The lowest BCUT2D eigenvalue weighted by Gasteiger charge is -2.14. The summed E-state index contributed by atoms with van der Waals surface area (Å²) in [6.07, 6.45) is 2.26. The molecule has 0 amide bonds. The van der Waals surface area contributed by atoms with Gasteiger partial charge < -0.3 is 4.74 Å². The molecule has 18 heavy (non-hydrogen) atoms. The van der Waals surface area contributed by atoms with Gasteiger partial charge in [0.1, 0.15) is 6.10 Å². The number of carbonyl (C=O) groups excluding carboxylic acids is 1. The summed E-state index contributed by atoms with van der Waals surface area (Å²) in [6, 6.07) is 8.36. The SMILES string of the molecule is CCCC(=O)O[C@H](C)c1ccc(CC(C)C)cc1. The lowest BCUT2D eigenvalue weighted by atomic mass is 10.0. The van der Waals surface area contributed by atoms with Gasteiger partial charge in [0.05, 0.1) is 0 Å². The summed E-state index contributed by atoms with van der Waals surface area (Å²) in [5.74, 6) is 0.548. The second-order valence-electron chi connectivity index (χ2n) is 5.22. The molecule has 2 nitrogen and oxygen atoms in total. The molecule has 1 rings (SSSR count). The zero-order valence-electron chi connectivity index (χ0n) is 11.9. The second-order valence-corrected chi connectivity index (χ2v) is 5.22. The summed E-state index contributed by atoms with van der Waals surface area (Å²) in [4.78, 5) is 11.4. The van der Waals surface area contributed by atoms with Crippen LogP contribution in [-0.4, -0.2) is 5.97 Å². The maximum Gasteiger partial charge on any atom is 0.306 e. The maximum absolute atomic E-state index is 11.4. The third-order valence-corrected chi connectivity index (χ3v) is 2.86. The molecule has 0 unspecified atom stereocenters. The van der Waals surface area contributed by atoms with E-state index in [2.05, 4.69) is 38.1 Å². The van der Waals surface area contributed by atoms with Crippen LogP contribution < -0.4 is 0 Å². The summed E-state index contributed by atoms with van der Waals surface area (Å²) in [5.41, 5.74) is 2.40. The van der Waals surface area contributed by atoms with Crippen molar-refractivity contribution < 1.29 is 9.53 Å². The predicted molar refractivity (Wildman–Crippen MR) is 74.4 cm³/mol. The minimum Gasteiger partial charge on any atom is -0.458 e. The van der Waals surface area contributed by atoms with Crippen LogP contribution in [0.5, 0.6) is 0 Å². The Labute approximate surface area is 110 Å². The zero-order valence-corrected chi connectivity index (χ0v) is 11.9. The highest BCUT2D eigenvalue weighted by Gasteiger charge is 2.10. The monoisotopic (exact) mass is 248 g/mol. The van der Waals surface area contributed by atoms with E-state index in [-0.39, 0.29) is 12.1 Å². The Balaban J connectivity index is 2.58. The fraction of sp³-hybridized carbons (Fsp3) is 0.562. The molecule has 0 heterocycles. The van der Waals surface area contributed by atoms with Crippen LogP contribution in [0.15, 0.2) is 24.3 Å². The lowest BCUT2D eigenvalue weighted by molar-refractivity contribution is -0.148. The standard InChI is InChI=1S/C16H24O2/c1-5-6-16(17)18-13(4)15-9-7-14(8-10-15)11-12(2)3/h7-10,12-13H,5-6,11H2,1-4H3/t13-/m1/s1. The van der Waals surface area contributed by atoms with Crippen LogP contribution in [0.2, 0.25) is 0 Å². The number of carbonyl (C=O) groups is 1. The first-order valence-corrected chi connectivity index (χ1v) is 6.81. The first-order valence-electron chi connectivity index (χ1n) is 6.81. The van der Waals surface area contributed by atoms with Gasteiger partial charge in [0, 0.05) is 6.42 Å². The molecule has 0 bridgehead atoms. The van der Waals surface area contributed by atoms with E-state index in [1.54, 1.807) is 0 Å². The van der Waals surface area contributed by atoms with E-state index in [1.165, 1.54) is 5.56 Å². The summed E-state index contributed by atoms with van der Waals surface area (Å²) in [5, 5.41) is 0. The highest BCUT2D eigenvalue weighted by molar-refractivity contribution is 5.69. The van der Waals surface area contributed by atoms with Crippen molar-refractivity contribution in [2.24, 2.45) is 5.92 Å². The number of benzene rings is 1. The molecule has 1 aromatic rings. The van der Waals surface area contributed by atoms with E-state index >= 15 is 0 Å². The highest BCUT2D eigenvalue weighted by atomic mass is 16.5. The quantitative estimate of drug-likeness (QED) is 0.702. The molecule has 0 aromatic heterocycles. The van der Waals surface area contributed by atoms with Gasteiger partial charge in [-0.05, 0) is 36.8 Å². The predicted octanol–water partition coefficient (Wildman–Crippen LogP) is 4.29. The van der Waals surface area contributed by atoms with Gasteiger partial charge in [-0.2, -0.15) is 0 Å². The van der Waals surface area contributed by atoms with E-state index in [9.17, 15) is 4.79 Å². The third-order valence-electron chi connectivity index (χ3n) is 2.86. The molecular formula is C16H24O2. The van der Waals surface area contributed by atoms with Crippen molar-refractivity contribution in [1.29, 1.82) is 0 Å². The Morgan fingerprint density at radius 3 is 2.28 bits per heavy atom. The van der Waals surface area contributed by atoms with E-state index in [4.69, 9.17) is 4.74 Å². The smallest absolute Gasteiger partial charge is 0.306 e. The summed E-state index contributed by atoms with van der Waals surface area (Å²) in [7, 11) is 0. The molecule has 0 aliphatic heterocycles. The van der Waals surface area contributed by atoms with Crippen molar-refractivity contribution >= 4 is 5.97 Å². The van der Waals surface area contributed by atoms with Gasteiger partial charge in [-0.1, -0.05) is 45.0 Å². The summed E-state index contributed by atoms with van der Waals surface area (Å²) < 4.78 is 5.36. The number of esters is 1. The fourth-order valence-electron chi connectivity index (χ4n) is 1.92. The molecule has 1 atom stereocenters. The van der Waals surface area contributed by atoms with Crippen LogP contribution in [0.3, 0.4) is 0 Å². The van der Waals surface area contributed by atoms with Crippen molar-refractivity contribution in [3.63, 3.8) is 0 Å². The molecule has 0 aliphatic carbocycles. The topological polar surface area (TPSA) is 26.3 Å². The molecule has 0 N–H and O–H groups in total. The van der Waals surface area contributed by atoms with Gasteiger partial charge in [0.15, 0.2) is 0 Å². The van der Waals surface area contributed by atoms with Gasteiger partial charge in [-0.15, -0.1) is 0 Å². The first kappa shape index (κ1) is 14.7. The molecule has 0 saturated carbocycles. The molecule has 0 radical (unpaired) electrons. The normalized spacial score (nSPS) is 12.5. The van der Waals surface area contributed by atoms with Crippen LogP contribution in [0.4, 0.5) is 0 Å². The summed E-state index contributed by atoms with van der Waals surface area (Å²) in [6.45, 7) is 8.32. The number of hydrogen-bond donors (Lipinski definition) is 0. The Hall–Kier alpha value is -1.31. The number of ether oxygens (including phenoxy) is 1. The van der Waals surface area contributed by atoms with Crippen molar-refractivity contribution in [2.75, 3.05) is 0 Å². The Morgan fingerprint density at radius 1 is 1.17 bits per heavy atom. The van der Waals surface area contributed by atoms with Crippen LogP contribution in [0.25, 0.3) is 0 Å². The van der Waals surface area contributed by atoms with E-state index in [0.29, 0.717) is 12.3 Å². The largest absolute Gasteiger partial charge is 0.458 e. The molecule has 100 valence electrons. The maximum atomic E-state index is 11.4. The van der Waals surface area contributed by atoms with Crippen LogP contribution >= 0.6 is 0 Å². The van der Waals surface area contributed by atoms with Gasteiger partial charge in [-0.25, -0.2) is 0 Å². The van der Waals surface area contributed by atoms with Crippen molar-refractivity contribution in [1.82, 2.24) is 0 Å². The second kappa shape index (κ2) is 7.20. The lowest BCUT2D eigenvalue weighted by Crippen LogP contribution is -2.08.